The lowest BCUT2D eigenvalue weighted by Gasteiger charge is -2.33. The molecule has 4 aromatic carbocycles. The van der Waals surface area contributed by atoms with E-state index < -0.39 is 54.0 Å². The average molecular weight is 760 g/mol. The van der Waals surface area contributed by atoms with E-state index in [4.69, 9.17) is 14.2 Å². The third-order valence-corrected chi connectivity index (χ3v) is 8.98. The van der Waals surface area contributed by atoms with Crippen LogP contribution in [0, 0.1) is 11.8 Å². The molecule has 10 nitrogen and oxygen atoms in total. The molecule has 0 heterocycles. The Balaban J connectivity index is 1.49. The second kappa shape index (κ2) is 20.9. The average Bonchev–Trinajstić information content (AvgIpc) is 3.18. The van der Waals surface area contributed by atoms with Crippen molar-refractivity contribution in [1.29, 1.82) is 0 Å². The molecule has 12 heteroatoms. The van der Waals surface area contributed by atoms with Gasteiger partial charge in [-0.3, -0.25) is 9.59 Å². The normalized spacial score (nSPS) is 13.7. The Bertz CT molecular complexity index is 1760. The van der Waals surface area contributed by atoms with Crippen LogP contribution >= 0.6 is 0 Å². The highest BCUT2D eigenvalue weighted by Crippen LogP contribution is 2.26. The smallest absolute Gasteiger partial charge is 0.408 e. The highest BCUT2D eigenvalue weighted by Gasteiger charge is 2.51. The van der Waals surface area contributed by atoms with Crippen molar-refractivity contribution in [2.45, 2.75) is 84.1 Å². The van der Waals surface area contributed by atoms with Crippen LogP contribution in [0.1, 0.15) is 49.9 Å². The summed E-state index contributed by atoms with van der Waals surface area (Å²) < 4.78 is 48.9. The van der Waals surface area contributed by atoms with Gasteiger partial charge in [-0.2, -0.15) is 8.78 Å². The molecule has 4 N–H and O–H groups in total. The molecule has 0 radical (unpaired) electrons. The Hall–Kier alpha value is -5.33. The van der Waals surface area contributed by atoms with Crippen LogP contribution in [0.15, 0.2) is 115 Å². The van der Waals surface area contributed by atoms with Gasteiger partial charge in [-0.05, 0) is 52.6 Å². The van der Waals surface area contributed by atoms with Gasteiger partial charge in [0.15, 0.2) is 0 Å². The zero-order valence-electron chi connectivity index (χ0n) is 31.6. The van der Waals surface area contributed by atoms with Crippen LogP contribution < -0.4 is 20.7 Å². The van der Waals surface area contributed by atoms with Gasteiger partial charge >= 0.3 is 12.0 Å². The van der Waals surface area contributed by atoms with E-state index in [-0.39, 0.29) is 32.2 Å². The fraction of sp³-hybridized carbons (Fsp3) is 0.372. The van der Waals surface area contributed by atoms with Crippen LogP contribution in [-0.4, -0.2) is 59.8 Å². The Morgan fingerprint density at radius 2 is 1.16 bits per heavy atom. The molecule has 0 aliphatic rings. The fourth-order valence-electron chi connectivity index (χ4n) is 5.59. The zero-order chi connectivity index (χ0) is 39.8. The molecule has 0 saturated heterocycles. The number of ether oxygens (including phenoxy) is 3. The van der Waals surface area contributed by atoms with Crippen molar-refractivity contribution in [2.24, 2.45) is 11.8 Å². The number of hydrogen-bond acceptors (Lipinski definition) is 7. The molecule has 4 rings (SSSR count). The number of halogens is 2. The number of hydrogen-bond donors (Lipinski definition) is 4. The van der Waals surface area contributed by atoms with Crippen molar-refractivity contribution in [1.82, 2.24) is 16.0 Å². The Morgan fingerprint density at radius 1 is 0.636 bits per heavy atom. The van der Waals surface area contributed by atoms with Crippen molar-refractivity contribution in [3.8, 4) is 5.75 Å². The van der Waals surface area contributed by atoms with E-state index in [1.54, 1.807) is 76.2 Å². The quantitative estimate of drug-likeness (QED) is 0.0798. The van der Waals surface area contributed by atoms with E-state index in [2.05, 4.69) is 16.0 Å². The summed E-state index contributed by atoms with van der Waals surface area (Å²) in [7, 11) is 0. The number of aliphatic hydroxyl groups is 1. The number of aliphatic hydroxyl groups excluding tert-OH is 1. The van der Waals surface area contributed by atoms with E-state index in [1.807, 2.05) is 66.7 Å². The number of carbonyl (C=O) groups is 3. The van der Waals surface area contributed by atoms with Gasteiger partial charge in [0.25, 0.3) is 5.91 Å². The van der Waals surface area contributed by atoms with Gasteiger partial charge in [0.05, 0.1) is 25.3 Å². The molecule has 0 aliphatic carbocycles. The van der Waals surface area contributed by atoms with Crippen molar-refractivity contribution < 1.29 is 42.5 Å². The lowest BCUT2D eigenvalue weighted by molar-refractivity contribution is -0.169. The summed E-state index contributed by atoms with van der Waals surface area (Å²) in [6, 6.07) is 30.6. The van der Waals surface area contributed by atoms with Crippen LogP contribution in [0.4, 0.5) is 13.6 Å². The number of alkyl halides is 2. The highest BCUT2D eigenvalue weighted by atomic mass is 19.3. The van der Waals surface area contributed by atoms with E-state index >= 15 is 8.78 Å². The zero-order valence-corrected chi connectivity index (χ0v) is 31.6. The predicted molar refractivity (Wildman–Crippen MR) is 205 cm³/mol. The first-order valence-electron chi connectivity index (χ1n) is 18.3. The first kappa shape index (κ1) is 42.4. The lowest BCUT2D eigenvalue weighted by Crippen LogP contribution is -2.62. The maximum atomic E-state index is 16.0. The van der Waals surface area contributed by atoms with Crippen LogP contribution in [0.25, 0.3) is 0 Å². The minimum absolute atomic E-state index is 0.0502. The van der Waals surface area contributed by atoms with Crippen molar-refractivity contribution in [2.75, 3.05) is 6.61 Å². The summed E-state index contributed by atoms with van der Waals surface area (Å²) in [5.74, 6) is -7.18. The van der Waals surface area contributed by atoms with E-state index in [0.29, 0.717) is 17.9 Å². The molecule has 55 heavy (non-hydrogen) atoms. The molecule has 0 bridgehead atoms. The van der Waals surface area contributed by atoms with E-state index in [1.165, 1.54) is 0 Å². The third-order valence-electron chi connectivity index (χ3n) is 8.98. The number of carbonyl (C=O) groups excluding carboxylic acids is 3. The van der Waals surface area contributed by atoms with E-state index in [0.717, 1.165) is 16.7 Å². The standard InChI is InChI=1S/C43H51F2N3O7/c1-29(2)37(28-53-25-32-14-8-5-9-15-32)47-41(51)43(44,45)39(49)36(24-31-20-22-35(23-21-31)54-26-33-16-10-6-11-17-33)46-40(50)38(30(3)4)48-42(52)55-27-34-18-12-7-13-19-34/h5-23,29-30,36-39,49H,24-28H2,1-4H3,(H,46,50)(H,47,51)(H,48,52)/t36?,37-,38-,39-/m0/s1. The van der Waals surface area contributed by atoms with Crippen molar-refractivity contribution in [3.05, 3.63) is 138 Å². The molecule has 1 unspecified atom stereocenters. The Kier molecular flexibility index (Phi) is 16.1. The molecule has 3 amide bonds. The van der Waals surface area contributed by atoms with E-state index in [9.17, 15) is 19.5 Å². The maximum absolute atomic E-state index is 16.0. The van der Waals surface area contributed by atoms with Gasteiger partial charge in [0, 0.05) is 0 Å². The minimum Gasteiger partial charge on any atom is -0.489 e. The minimum atomic E-state index is -4.35. The molecular formula is C43H51F2N3O7. The highest BCUT2D eigenvalue weighted by molar-refractivity contribution is 5.87. The number of benzene rings is 4. The molecule has 4 aromatic rings. The number of amides is 3. The van der Waals surface area contributed by atoms with Gasteiger partial charge in [-0.1, -0.05) is 131 Å². The van der Waals surface area contributed by atoms with Crippen molar-refractivity contribution in [3.63, 3.8) is 0 Å². The van der Waals surface area contributed by atoms with Crippen LogP contribution in [0.5, 0.6) is 5.75 Å². The number of rotatable bonds is 20. The molecule has 4 atom stereocenters. The van der Waals surface area contributed by atoms with Crippen LogP contribution in [-0.2, 0) is 45.3 Å². The maximum Gasteiger partial charge on any atom is 0.408 e. The lowest BCUT2D eigenvalue weighted by atomic mass is 9.94. The van der Waals surface area contributed by atoms with Gasteiger partial charge in [-0.15, -0.1) is 0 Å². The van der Waals surface area contributed by atoms with Gasteiger partial charge in [-0.25, -0.2) is 4.79 Å². The number of nitrogens with one attached hydrogen (secondary N) is 3. The summed E-state index contributed by atoms with van der Waals surface area (Å²) in [5.41, 5.74) is 3.03. The monoisotopic (exact) mass is 759 g/mol. The molecule has 0 aliphatic heterocycles. The Labute approximate surface area is 321 Å². The molecule has 0 saturated carbocycles. The van der Waals surface area contributed by atoms with Gasteiger partial charge in [0.2, 0.25) is 5.91 Å². The predicted octanol–water partition coefficient (Wildman–Crippen LogP) is 6.60. The number of alkyl carbamates (subject to hydrolysis) is 1. The molecule has 0 spiro atoms. The first-order chi connectivity index (χ1) is 26.3. The fourth-order valence-corrected chi connectivity index (χ4v) is 5.59. The third kappa shape index (κ3) is 13.5. The van der Waals surface area contributed by atoms with Gasteiger partial charge in [0.1, 0.15) is 31.1 Å². The second-order valence-corrected chi connectivity index (χ2v) is 14.1. The van der Waals surface area contributed by atoms with Crippen molar-refractivity contribution >= 4 is 17.9 Å². The molecular weight excluding hydrogens is 708 g/mol. The second-order valence-electron chi connectivity index (χ2n) is 14.1. The van der Waals surface area contributed by atoms with Crippen LogP contribution in [0.2, 0.25) is 0 Å². The topological polar surface area (TPSA) is 135 Å². The van der Waals surface area contributed by atoms with Gasteiger partial charge < -0.3 is 35.3 Å². The largest absolute Gasteiger partial charge is 0.489 e. The molecule has 0 fully saturated rings. The summed E-state index contributed by atoms with van der Waals surface area (Å²) >= 11 is 0. The van der Waals surface area contributed by atoms with Crippen LogP contribution in [0.3, 0.4) is 0 Å². The summed E-state index contributed by atoms with van der Waals surface area (Å²) in [6.45, 7) is 7.26. The summed E-state index contributed by atoms with van der Waals surface area (Å²) in [4.78, 5) is 39.7. The SMILES string of the molecule is CC(C)[C@H](COCc1ccccc1)NC(=O)C(F)(F)[C@@H](O)C(Cc1ccc(OCc2ccccc2)cc1)NC(=O)[C@@H](NC(=O)OCc1ccccc1)C(C)C. The summed E-state index contributed by atoms with van der Waals surface area (Å²) in [6.07, 6.45) is -3.84. The molecule has 0 aromatic heterocycles. The summed E-state index contributed by atoms with van der Waals surface area (Å²) in [5, 5.41) is 18.6. The molecule has 294 valence electrons. The Morgan fingerprint density at radius 3 is 1.69 bits per heavy atom. The first-order valence-corrected chi connectivity index (χ1v) is 18.3.